The molecule has 0 bridgehead atoms. The van der Waals surface area contributed by atoms with E-state index in [4.69, 9.17) is 9.47 Å². The monoisotopic (exact) mass is 521 g/mol. The molecule has 2 heterocycles. The van der Waals surface area contributed by atoms with E-state index >= 15 is 4.39 Å². The molecule has 1 saturated heterocycles. The maximum atomic E-state index is 15.1. The number of nitrogens with zero attached hydrogens (tertiary/aromatic N) is 3. The number of amides is 2. The Kier molecular flexibility index (Phi) is 6.93. The first kappa shape index (κ1) is 25.5. The summed E-state index contributed by atoms with van der Waals surface area (Å²) >= 11 is 0. The Balaban J connectivity index is 1.53. The number of anilines is 1. The Morgan fingerprint density at radius 1 is 0.868 bits per heavy atom. The summed E-state index contributed by atoms with van der Waals surface area (Å²) in [6.07, 6.45) is 0. The lowest BCUT2D eigenvalue weighted by Gasteiger charge is -2.43. The first-order chi connectivity index (χ1) is 18.3. The van der Waals surface area contributed by atoms with Crippen molar-refractivity contribution in [1.82, 2.24) is 9.80 Å². The molecule has 0 radical (unpaired) electrons. The Morgan fingerprint density at radius 2 is 1.50 bits per heavy atom. The van der Waals surface area contributed by atoms with Crippen molar-refractivity contribution in [3.63, 3.8) is 0 Å². The number of benzene rings is 3. The van der Waals surface area contributed by atoms with Crippen molar-refractivity contribution < 1.29 is 27.8 Å². The Hall–Kier alpha value is -4.14. The molecule has 3 aromatic rings. The van der Waals surface area contributed by atoms with Crippen LogP contribution in [0.25, 0.3) is 0 Å². The van der Waals surface area contributed by atoms with E-state index in [9.17, 15) is 14.0 Å². The van der Waals surface area contributed by atoms with Crippen molar-refractivity contribution in [3.05, 3.63) is 89.0 Å². The van der Waals surface area contributed by atoms with Crippen LogP contribution in [0.4, 0.5) is 14.5 Å². The van der Waals surface area contributed by atoms with E-state index in [-0.39, 0.29) is 23.2 Å². The number of piperazine rings is 1. The van der Waals surface area contributed by atoms with Crippen molar-refractivity contribution in [3.8, 4) is 11.5 Å². The molecule has 0 N–H and O–H groups in total. The number of carbonyl (C=O) groups is 2. The minimum atomic E-state index is -0.859. The Labute approximate surface area is 220 Å². The fourth-order valence-electron chi connectivity index (χ4n) is 5.45. The maximum Gasteiger partial charge on any atom is 0.254 e. The number of ether oxygens (including phenoxy) is 2. The van der Waals surface area contributed by atoms with Crippen LogP contribution in [0.3, 0.4) is 0 Å². The van der Waals surface area contributed by atoms with Crippen LogP contribution in [-0.4, -0.2) is 69.1 Å². The third-order valence-corrected chi connectivity index (χ3v) is 7.45. The first-order valence-electron chi connectivity index (χ1n) is 12.4. The van der Waals surface area contributed by atoms with Gasteiger partial charge in [-0.1, -0.05) is 18.2 Å². The number of likely N-dealkylation sites (N-methyl/N-ethyl adjacent to an activating group) is 1. The fourth-order valence-corrected chi connectivity index (χ4v) is 5.45. The maximum absolute atomic E-state index is 15.1. The van der Waals surface area contributed by atoms with Crippen LogP contribution < -0.4 is 14.4 Å². The van der Waals surface area contributed by atoms with E-state index in [0.717, 1.165) is 5.69 Å². The van der Waals surface area contributed by atoms with E-state index < -0.39 is 17.8 Å². The lowest BCUT2D eigenvalue weighted by molar-refractivity contribution is -0.134. The van der Waals surface area contributed by atoms with Gasteiger partial charge in [-0.25, -0.2) is 8.78 Å². The zero-order chi connectivity index (χ0) is 27.0. The highest BCUT2D eigenvalue weighted by molar-refractivity contribution is 6.02. The molecule has 2 aliphatic rings. The van der Waals surface area contributed by atoms with Crippen LogP contribution in [0.15, 0.2) is 60.7 Å². The molecular weight excluding hydrogens is 492 g/mol. The van der Waals surface area contributed by atoms with Crippen molar-refractivity contribution in [1.29, 1.82) is 0 Å². The number of halogens is 2. The van der Waals surface area contributed by atoms with Crippen LogP contribution in [0.2, 0.25) is 0 Å². The van der Waals surface area contributed by atoms with Gasteiger partial charge in [-0.2, -0.15) is 0 Å². The van der Waals surface area contributed by atoms with Gasteiger partial charge in [-0.3, -0.25) is 9.59 Å². The molecule has 0 saturated carbocycles. The average molecular weight is 522 g/mol. The molecule has 2 amide bonds. The molecule has 0 aliphatic carbocycles. The predicted molar refractivity (Wildman–Crippen MR) is 139 cm³/mol. The predicted octanol–water partition coefficient (Wildman–Crippen LogP) is 4.24. The number of fused-ring (bicyclic) bond motifs is 1. The van der Waals surface area contributed by atoms with Crippen LogP contribution in [0.5, 0.6) is 11.5 Å². The third-order valence-electron chi connectivity index (χ3n) is 7.45. The summed E-state index contributed by atoms with van der Waals surface area (Å²) < 4.78 is 39.4. The van der Waals surface area contributed by atoms with Gasteiger partial charge in [0.15, 0.2) is 11.5 Å². The third kappa shape index (κ3) is 4.42. The molecule has 0 spiro atoms. The minimum Gasteiger partial charge on any atom is -0.493 e. The number of methoxy groups -OCH3 is 2. The molecule has 3 aromatic carbocycles. The van der Waals surface area contributed by atoms with Gasteiger partial charge in [0.05, 0.1) is 26.2 Å². The fraction of sp³-hybridized carbons (Fsp3) is 0.310. The van der Waals surface area contributed by atoms with Gasteiger partial charge in [-0.15, -0.1) is 0 Å². The van der Waals surface area contributed by atoms with Crippen LogP contribution in [0, 0.1) is 11.6 Å². The molecule has 2 aliphatic heterocycles. The van der Waals surface area contributed by atoms with Gasteiger partial charge in [0.25, 0.3) is 5.91 Å². The van der Waals surface area contributed by atoms with E-state index in [2.05, 4.69) is 4.90 Å². The average Bonchev–Trinajstić information content (AvgIpc) is 2.95. The highest BCUT2D eigenvalue weighted by Crippen LogP contribution is 2.46. The molecule has 7 nitrogen and oxygen atoms in total. The molecule has 0 aromatic heterocycles. The van der Waals surface area contributed by atoms with Crippen LogP contribution in [-0.2, 0) is 4.79 Å². The van der Waals surface area contributed by atoms with E-state index in [0.29, 0.717) is 48.8 Å². The smallest absolute Gasteiger partial charge is 0.254 e. The summed E-state index contributed by atoms with van der Waals surface area (Å²) in [5.41, 5.74) is 1.95. The number of rotatable bonds is 5. The normalized spacial score (nSPS) is 19.3. The molecule has 0 unspecified atom stereocenters. The van der Waals surface area contributed by atoms with Crippen molar-refractivity contribution in [2.45, 2.75) is 12.0 Å². The van der Waals surface area contributed by atoms with Crippen LogP contribution in [0.1, 0.15) is 33.4 Å². The molecule has 38 heavy (non-hydrogen) atoms. The van der Waals surface area contributed by atoms with E-state index in [1.165, 1.54) is 37.3 Å². The molecule has 5 rings (SSSR count). The molecule has 2 atom stereocenters. The van der Waals surface area contributed by atoms with Gasteiger partial charge in [0.1, 0.15) is 11.6 Å². The standard InChI is InChI=1S/C29H29F2N3O4/c1-32-27(20-6-4-5-7-23(20)31)26(21-16-24(37-2)25(38-3)17-22(21)28(32)35)29(36)34-14-12-33(13-15-34)19-10-8-18(30)9-11-19/h4-11,16-17,26-27H,12-15H2,1-3H3/t26-,27+/m1/s1. The summed E-state index contributed by atoms with van der Waals surface area (Å²) in [6, 6.07) is 14.9. The molecule has 198 valence electrons. The molecule has 1 fully saturated rings. The topological polar surface area (TPSA) is 62.3 Å². The molecule has 9 heteroatoms. The van der Waals surface area contributed by atoms with E-state index in [1.54, 1.807) is 54.4 Å². The summed E-state index contributed by atoms with van der Waals surface area (Å²) in [5, 5.41) is 0. The highest BCUT2D eigenvalue weighted by Gasteiger charge is 2.46. The summed E-state index contributed by atoms with van der Waals surface area (Å²) in [6.45, 7) is 1.97. The van der Waals surface area contributed by atoms with Gasteiger partial charge < -0.3 is 24.2 Å². The summed E-state index contributed by atoms with van der Waals surface area (Å²) in [5.74, 6) is -1.43. The summed E-state index contributed by atoms with van der Waals surface area (Å²) in [7, 11) is 4.55. The zero-order valence-electron chi connectivity index (χ0n) is 21.5. The second kappa shape index (κ2) is 10.3. The van der Waals surface area contributed by atoms with Gasteiger partial charge >= 0.3 is 0 Å². The number of hydrogen-bond donors (Lipinski definition) is 0. The first-order valence-corrected chi connectivity index (χ1v) is 12.4. The highest BCUT2D eigenvalue weighted by atomic mass is 19.1. The number of hydrogen-bond acceptors (Lipinski definition) is 5. The van der Waals surface area contributed by atoms with Crippen molar-refractivity contribution in [2.75, 3.05) is 52.3 Å². The minimum absolute atomic E-state index is 0.204. The SMILES string of the molecule is COc1cc2c(cc1OC)[C@@H](C(=O)N1CCN(c3ccc(F)cc3)CC1)[C@H](c1ccccc1F)N(C)C2=O. The van der Waals surface area contributed by atoms with Crippen LogP contribution >= 0.6 is 0 Å². The molecular formula is C29H29F2N3O4. The van der Waals surface area contributed by atoms with Gasteiger partial charge in [-0.05, 0) is 48.0 Å². The summed E-state index contributed by atoms with van der Waals surface area (Å²) in [4.78, 5) is 33.0. The van der Waals surface area contributed by atoms with Gasteiger partial charge in [0.2, 0.25) is 5.91 Å². The van der Waals surface area contributed by atoms with Crippen molar-refractivity contribution >= 4 is 17.5 Å². The van der Waals surface area contributed by atoms with E-state index in [1.807, 2.05) is 0 Å². The second-order valence-corrected chi connectivity index (χ2v) is 9.44. The quantitative estimate of drug-likeness (QED) is 0.503. The largest absolute Gasteiger partial charge is 0.493 e. The van der Waals surface area contributed by atoms with Crippen molar-refractivity contribution in [2.24, 2.45) is 0 Å². The zero-order valence-corrected chi connectivity index (χ0v) is 21.5. The second-order valence-electron chi connectivity index (χ2n) is 9.44. The lowest BCUT2D eigenvalue weighted by Crippen LogP contribution is -2.53. The lowest BCUT2D eigenvalue weighted by atomic mass is 9.78. The Bertz CT molecular complexity index is 1360. The Morgan fingerprint density at radius 3 is 2.13 bits per heavy atom. The number of carbonyl (C=O) groups excluding carboxylic acids is 2. The van der Waals surface area contributed by atoms with Gasteiger partial charge in [0, 0.05) is 50.0 Å².